The zero-order chi connectivity index (χ0) is 20.5. The first-order valence-electron chi connectivity index (χ1n) is 8.98. The number of hydroxylamine groups is 2. The first-order chi connectivity index (χ1) is 13.0. The van der Waals surface area contributed by atoms with E-state index >= 15 is 0 Å². The molecule has 0 unspecified atom stereocenters. The summed E-state index contributed by atoms with van der Waals surface area (Å²) >= 11 is 0. The molecular weight excluding hydrogens is 375 g/mol. The Morgan fingerprint density at radius 1 is 1.18 bits per heavy atom. The highest BCUT2D eigenvalue weighted by Crippen LogP contribution is 2.30. The summed E-state index contributed by atoms with van der Waals surface area (Å²) in [6.45, 7) is 6.47. The van der Waals surface area contributed by atoms with Crippen LogP contribution in [0, 0.1) is 5.41 Å². The number of rotatable bonds is 3. The highest BCUT2D eigenvalue weighted by atomic mass is 19.4. The smallest absolute Gasteiger partial charge is 0.367 e. The number of carbonyl (C=O) groups excluding carboxylic acids is 1. The molecule has 0 spiro atoms. The minimum atomic E-state index is -4.52. The molecule has 3 heterocycles. The second-order valence-corrected chi connectivity index (χ2v) is 7.78. The van der Waals surface area contributed by atoms with E-state index in [9.17, 15) is 18.0 Å². The quantitative estimate of drug-likeness (QED) is 0.853. The van der Waals surface area contributed by atoms with E-state index in [-0.39, 0.29) is 23.4 Å². The molecule has 3 rings (SSSR count). The van der Waals surface area contributed by atoms with Gasteiger partial charge in [0.25, 0.3) is 0 Å². The van der Waals surface area contributed by atoms with Gasteiger partial charge >= 0.3 is 12.1 Å². The number of halogens is 3. The summed E-state index contributed by atoms with van der Waals surface area (Å²) in [5.41, 5.74) is -1.49. The van der Waals surface area contributed by atoms with Crippen LogP contribution in [0.1, 0.15) is 51.0 Å². The van der Waals surface area contributed by atoms with Crippen LogP contribution < -0.4 is 0 Å². The fourth-order valence-electron chi connectivity index (χ4n) is 2.76. The van der Waals surface area contributed by atoms with Crippen molar-refractivity contribution in [2.75, 3.05) is 13.1 Å². The molecule has 1 saturated heterocycles. The SMILES string of the molecule is CC(C)(C)C(=O)ON1CCC(c2nc(-c3cccc(C(F)(F)F)n3)n[nH]2)CC1. The summed E-state index contributed by atoms with van der Waals surface area (Å²) in [7, 11) is 0. The van der Waals surface area contributed by atoms with Crippen LogP contribution in [0.4, 0.5) is 13.2 Å². The van der Waals surface area contributed by atoms with Gasteiger partial charge in [-0.2, -0.15) is 18.3 Å². The first-order valence-corrected chi connectivity index (χ1v) is 8.98. The van der Waals surface area contributed by atoms with E-state index in [4.69, 9.17) is 4.84 Å². The number of nitrogens with one attached hydrogen (secondary N) is 1. The van der Waals surface area contributed by atoms with Gasteiger partial charge in [0.15, 0.2) is 5.82 Å². The van der Waals surface area contributed by atoms with E-state index in [1.807, 2.05) is 0 Å². The Kier molecular flexibility index (Phi) is 5.42. The van der Waals surface area contributed by atoms with Crippen LogP contribution >= 0.6 is 0 Å². The molecule has 1 aliphatic heterocycles. The summed E-state index contributed by atoms with van der Waals surface area (Å²) in [6.07, 6.45) is -3.16. The summed E-state index contributed by atoms with van der Waals surface area (Å²) in [6, 6.07) is 3.63. The van der Waals surface area contributed by atoms with Crippen LogP contribution in [0.15, 0.2) is 18.2 Å². The lowest BCUT2D eigenvalue weighted by atomic mass is 9.96. The molecule has 152 valence electrons. The van der Waals surface area contributed by atoms with E-state index < -0.39 is 17.3 Å². The van der Waals surface area contributed by atoms with Crippen LogP contribution in [0.25, 0.3) is 11.5 Å². The predicted octanol–water partition coefficient (Wildman–Crippen LogP) is 3.57. The van der Waals surface area contributed by atoms with Gasteiger partial charge in [0.2, 0.25) is 0 Å². The Balaban J connectivity index is 1.64. The van der Waals surface area contributed by atoms with Gasteiger partial charge in [0, 0.05) is 19.0 Å². The van der Waals surface area contributed by atoms with Gasteiger partial charge in [-0.05, 0) is 45.7 Å². The van der Waals surface area contributed by atoms with Crippen LogP contribution in [0.3, 0.4) is 0 Å². The summed E-state index contributed by atoms with van der Waals surface area (Å²) in [4.78, 5) is 25.3. The van der Waals surface area contributed by atoms with Crippen LogP contribution in [0.2, 0.25) is 0 Å². The van der Waals surface area contributed by atoms with Crippen LogP contribution in [-0.2, 0) is 15.8 Å². The number of H-pyrrole nitrogens is 1. The Labute approximate surface area is 160 Å². The number of aromatic nitrogens is 4. The molecule has 7 nitrogen and oxygen atoms in total. The van der Waals surface area contributed by atoms with E-state index in [1.54, 1.807) is 25.8 Å². The van der Waals surface area contributed by atoms with Gasteiger partial charge < -0.3 is 4.84 Å². The molecule has 1 aliphatic rings. The Bertz CT molecular complexity index is 836. The van der Waals surface area contributed by atoms with E-state index in [0.717, 1.165) is 6.07 Å². The standard InChI is InChI=1S/C18H22F3N5O2/c1-17(2,3)16(27)28-26-9-7-11(8-10-26)14-23-15(25-24-14)12-5-4-6-13(22-12)18(19,20)21/h4-6,11H,7-10H2,1-3H3,(H,23,24,25). The molecule has 1 fully saturated rings. The predicted molar refractivity (Wildman–Crippen MR) is 93.7 cm³/mol. The van der Waals surface area contributed by atoms with Gasteiger partial charge in [0.1, 0.15) is 17.2 Å². The minimum Gasteiger partial charge on any atom is -0.367 e. The van der Waals surface area contributed by atoms with Crippen molar-refractivity contribution in [1.82, 2.24) is 25.2 Å². The maximum absolute atomic E-state index is 12.8. The number of carbonyl (C=O) groups is 1. The molecule has 0 aromatic carbocycles. The lowest BCUT2D eigenvalue weighted by Crippen LogP contribution is -2.38. The maximum atomic E-state index is 12.8. The zero-order valence-corrected chi connectivity index (χ0v) is 15.9. The Morgan fingerprint density at radius 2 is 1.86 bits per heavy atom. The van der Waals surface area contributed by atoms with Crippen LogP contribution in [0.5, 0.6) is 0 Å². The minimum absolute atomic E-state index is 0.0524. The van der Waals surface area contributed by atoms with Crippen molar-refractivity contribution < 1.29 is 22.8 Å². The molecule has 0 radical (unpaired) electrons. The van der Waals surface area contributed by atoms with Crippen molar-refractivity contribution >= 4 is 5.97 Å². The number of alkyl halides is 3. The lowest BCUT2D eigenvalue weighted by molar-refractivity contribution is -0.204. The number of nitrogens with zero attached hydrogens (tertiary/aromatic N) is 4. The summed E-state index contributed by atoms with van der Waals surface area (Å²) < 4.78 is 38.5. The molecule has 28 heavy (non-hydrogen) atoms. The monoisotopic (exact) mass is 397 g/mol. The number of pyridine rings is 1. The van der Waals surface area contributed by atoms with Crippen molar-refractivity contribution in [2.45, 2.75) is 45.7 Å². The van der Waals surface area contributed by atoms with Crippen molar-refractivity contribution in [3.63, 3.8) is 0 Å². The second-order valence-electron chi connectivity index (χ2n) is 7.78. The summed E-state index contributed by atoms with van der Waals surface area (Å²) in [5.74, 6) is 0.485. The number of piperidine rings is 1. The molecular formula is C18H22F3N5O2. The second kappa shape index (κ2) is 7.50. The molecule has 1 N–H and O–H groups in total. The zero-order valence-electron chi connectivity index (χ0n) is 15.9. The van der Waals surface area contributed by atoms with Crippen LogP contribution in [-0.4, -0.2) is 44.3 Å². The average molecular weight is 397 g/mol. The third-order valence-corrected chi connectivity index (χ3v) is 4.44. The molecule has 0 aliphatic carbocycles. The number of hydrogen-bond donors (Lipinski definition) is 1. The number of aromatic amines is 1. The van der Waals surface area contributed by atoms with Gasteiger partial charge in [0.05, 0.1) is 5.41 Å². The molecule has 0 atom stereocenters. The topological polar surface area (TPSA) is 84.0 Å². The van der Waals surface area contributed by atoms with E-state index in [0.29, 0.717) is 31.8 Å². The molecule has 10 heteroatoms. The third kappa shape index (κ3) is 4.67. The molecule has 0 saturated carbocycles. The molecule has 0 amide bonds. The van der Waals surface area contributed by atoms with E-state index in [2.05, 4.69) is 20.2 Å². The normalized spacial score (nSPS) is 16.9. The average Bonchev–Trinajstić information content (AvgIpc) is 3.11. The van der Waals surface area contributed by atoms with Crippen molar-refractivity contribution in [3.8, 4) is 11.5 Å². The van der Waals surface area contributed by atoms with Gasteiger partial charge in [-0.3, -0.25) is 5.10 Å². The summed E-state index contributed by atoms with van der Waals surface area (Å²) in [5, 5.41) is 8.46. The lowest BCUT2D eigenvalue weighted by Gasteiger charge is -2.31. The maximum Gasteiger partial charge on any atom is 0.433 e. The van der Waals surface area contributed by atoms with E-state index in [1.165, 1.54) is 12.1 Å². The first kappa shape index (κ1) is 20.2. The fraction of sp³-hybridized carbons (Fsp3) is 0.556. The third-order valence-electron chi connectivity index (χ3n) is 4.44. The molecule has 0 bridgehead atoms. The van der Waals surface area contributed by atoms with Gasteiger partial charge in [-0.15, -0.1) is 5.06 Å². The van der Waals surface area contributed by atoms with Gasteiger partial charge in [-0.1, -0.05) is 6.07 Å². The van der Waals surface area contributed by atoms with Gasteiger partial charge in [-0.25, -0.2) is 14.8 Å². The Hall–Kier alpha value is -2.49. The highest BCUT2D eigenvalue weighted by molar-refractivity contribution is 5.75. The largest absolute Gasteiger partial charge is 0.433 e. The highest BCUT2D eigenvalue weighted by Gasteiger charge is 2.33. The van der Waals surface area contributed by atoms with Crippen molar-refractivity contribution in [3.05, 3.63) is 29.7 Å². The Morgan fingerprint density at radius 3 is 2.46 bits per heavy atom. The molecule has 2 aromatic heterocycles. The van der Waals surface area contributed by atoms with Crippen molar-refractivity contribution in [2.24, 2.45) is 5.41 Å². The molecule has 2 aromatic rings. The number of hydrogen-bond acceptors (Lipinski definition) is 6. The fourth-order valence-corrected chi connectivity index (χ4v) is 2.76. The van der Waals surface area contributed by atoms with Crippen molar-refractivity contribution in [1.29, 1.82) is 0 Å².